The minimum absolute atomic E-state index is 0.0579. The van der Waals surface area contributed by atoms with E-state index in [2.05, 4.69) is 33.2 Å². The van der Waals surface area contributed by atoms with Gasteiger partial charge in [-0.25, -0.2) is 4.98 Å². The first-order chi connectivity index (χ1) is 16.6. The van der Waals surface area contributed by atoms with Crippen molar-refractivity contribution in [2.45, 2.75) is 64.7 Å². The molecule has 5 heterocycles. The van der Waals surface area contributed by atoms with Gasteiger partial charge in [0.15, 0.2) is 0 Å². The SMILES string of the molecule is CCc1cc(-c2nc(-c3cc(C(=O)NCC4CCCO4)c(C)n3CC3CCCO3)cs2)ccn1. The number of hydrogen-bond donors (Lipinski definition) is 1. The zero-order chi connectivity index (χ0) is 23.5. The van der Waals surface area contributed by atoms with Crippen molar-refractivity contribution in [3.63, 3.8) is 0 Å². The average molecular weight is 481 g/mol. The first-order valence-electron chi connectivity index (χ1n) is 12.2. The fourth-order valence-electron chi connectivity index (χ4n) is 4.75. The Bertz CT molecular complexity index is 1140. The number of thiazole rings is 1. The predicted octanol–water partition coefficient (Wildman–Crippen LogP) is 4.63. The van der Waals surface area contributed by atoms with Crippen molar-refractivity contribution in [1.82, 2.24) is 19.9 Å². The van der Waals surface area contributed by atoms with Gasteiger partial charge < -0.3 is 19.4 Å². The van der Waals surface area contributed by atoms with E-state index in [1.807, 2.05) is 25.3 Å². The highest BCUT2D eigenvalue weighted by molar-refractivity contribution is 7.13. The molecule has 34 heavy (non-hydrogen) atoms. The summed E-state index contributed by atoms with van der Waals surface area (Å²) in [4.78, 5) is 22.5. The molecule has 8 heteroatoms. The molecule has 2 aliphatic rings. The molecule has 2 atom stereocenters. The third-order valence-electron chi connectivity index (χ3n) is 6.73. The minimum Gasteiger partial charge on any atom is -0.376 e. The van der Waals surface area contributed by atoms with Crippen LogP contribution in [0, 0.1) is 6.92 Å². The highest BCUT2D eigenvalue weighted by Gasteiger charge is 2.25. The molecule has 0 aliphatic carbocycles. The van der Waals surface area contributed by atoms with Crippen LogP contribution in [0.4, 0.5) is 0 Å². The van der Waals surface area contributed by atoms with E-state index in [0.29, 0.717) is 12.1 Å². The number of pyridine rings is 1. The second kappa shape index (κ2) is 10.4. The van der Waals surface area contributed by atoms with Crippen molar-refractivity contribution in [2.24, 2.45) is 0 Å². The van der Waals surface area contributed by atoms with E-state index in [4.69, 9.17) is 14.5 Å². The molecular weight excluding hydrogens is 448 g/mol. The molecule has 2 fully saturated rings. The number of hydrogen-bond acceptors (Lipinski definition) is 6. The van der Waals surface area contributed by atoms with Crippen LogP contribution in [0.2, 0.25) is 0 Å². The van der Waals surface area contributed by atoms with Gasteiger partial charge in [0.1, 0.15) is 5.01 Å². The maximum Gasteiger partial charge on any atom is 0.253 e. The molecule has 7 nitrogen and oxygen atoms in total. The van der Waals surface area contributed by atoms with Crippen molar-refractivity contribution < 1.29 is 14.3 Å². The second-order valence-electron chi connectivity index (χ2n) is 9.05. The number of ether oxygens (including phenoxy) is 2. The molecule has 1 N–H and O–H groups in total. The minimum atomic E-state index is -0.0579. The fraction of sp³-hybridized carbons (Fsp3) is 0.500. The number of nitrogens with zero attached hydrogens (tertiary/aromatic N) is 3. The van der Waals surface area contributed by atoms with Gasteiger partial charge in [-0.2, -0.15) is 0 Å². The Balaban J connectivity index is 1.44. The highest BCUT2D eigenvalue weighted by atomic mass is 32.1. The van der Waals surface area contributed by atoms with E-state index in [-0.39, 0.29) is 18.1 Å². The highest BCUT2D eigenvalue weighted by Crippen LogP contribution is 2.32. The third kappa shape index (κ3) is 4.94. The number of rotatable bonds is 8. The van der Waals surface area contributed by atoms with Crippen LogP contribution in [0.3, 0.4) is 0 Å². The Kier molecular flexibility index (Phi) is 7.08. The molecule has 180 valence electrons. The van der Waals surface area contributed by atoms with Gasteiger partial charge in [0, 0.05) is 54.8 Å². The quantitative estimate of drug-likeness (QED) is 0.509. The lowest BCUT2D eigenvalue weighted by molar-refractivity contribution is 0.0855. The number of nitrogens with one attached hydrogen (secondary N) is 1. The number of aryl methyl sites for hydroxylation is 1. The van der Waals surface area contributed by atoms with Crippen molar-refractivity contribution in [1.29, 1.82) is 0 Å². The van der Waals surface area contributed by atoms with Gasteiger partial charge in [-0.1, -0.05) is 6.92 Å². The summed E-state index contributed by atoms with van der Waals surface area (Å²) in [6.07, 6.45) is 7.20. The molecule has 0 spiro atoms. The molecule has 2 aliphatic heterocycles. The van der Waals surface area contributed by atoms with E-state index in [1.165, 1.54) is 0 Å². The van der Waals surface area contributed by atoms with Gasteiger partial charge in [-0.05, 0) is 57.2 Å². The lowest BCUT2D eigenvalue weighted by Gasteiger charge is -2.16. The first-order valence-corrected chi connectivity index (χ1v) is 13.1. The second-order valence-corrected chi connectivity index (χ2v) is 9.90. The van der Waals surface area contributed by atoms with Crippen LogP contribution < -0.4 is 5.32 Å². The number of carbonyl (C=O) groups excluding carboxylic acids is 1. The molecule has 0 aromatic carbocycles. The molecule has 1 amide bonds. The Hall–Kier alpha value is -2.55. The summed E-state index contributed by atoms with van der Waals surface area (Å²) in [5.74, 6) is -0.0579. The Morgan fingerprint density at radius 3 is 2.74 bits per heavy atom. The van der Waals surface area contributed by atoms with Gasteiger partial charge in [0.05, 0.1) is 29.2 Å². The fourth-order valence-corrected chi connectivity index (χ4v) is 5.56. The van der Waals surface area contributed by atoms with Crippen molar-refractivity contribution in [3.05, 3.63) is 46.7 Å². The van der Waals surface area contributed by atoms with E-state index >= 15 is 0 Å². The summed E-state index contributed by atoms with van der Waals surface area (Å²) >= 11 is 1.62. The normalized spacial score (nSPS) is 20.2. The van der Waals surface area contributed by atoms with Gasteiger partial charge in [-0.3, -0.25) is 9.78 Å². The van der Waals surface area contributed by atoms with Crippen LogP contribution in [0.25, 0.3) is 22.0 Å². The van der Waals surface area contributed by atoms with Crippen molar-refractivity contribution in [2.75, 3.05) is 19.8 Å². The molecule has 0 radical (unpaired) electrons. The zero-order valence-electron chi connectivity index (χ0n) is 19.9. The topological polar surface area (TPSA) is 78.3 Å². The third-order valence-corrected chi connectivity index (χ3v) is 7.62. The lowest BCUT2D eigenvalue weighted by atomic mass is 10.2. The van der Waals surface area contributed by atoms with E-state index in [0.717, 1.165) is 85.2 Å². The van der Waals surface area contributed by atoms with Crippen LogP contribution in [-0.2, 0) is 22.4 Å². The molecule has 0 bridgehead atoms. The zero-order valence-corrected chi connectivity index (χ0v) is 20.7. The summed E-state index contributed by atoms with van der Waals surface area (Å²) in [6, 6.07) is 6.09. The van der Waals surface area contributed by atoms with Gasteiger partial charge in [0.25, 0.3) is 5.91 Å². The van der Waals surface area contributed by atoms with E-state index < -0.39 is 0 Å². The van der Waals surface area contributed by atoms with Crippen LogP contribution in [0.15, 0.2) is 29.8 Å². The number of amides is 1. The first kappa shape index (κ1) is 23.2. The molecule has 5 rings (SSSR count). The largest absolute Gasteiger partial charge is 0.376 e. The summed E-state index contributed by atoms with van der Waals surface area (Å²) in [5.41, 5.74) is 5.61. The van der Waals surface area contributed by atoms with E-state index in [1.54, 1.807) is 11.3 Å². The Morgan fingerprint density at radius 2 is 2.00 bits per heavy atom. The van der Waals surface area contributed by atoms with Crippen LogP contribution in [0.5, 0.6) is 0 Å². The summed E-state index contributed by atoms with van der Waals surface area (Å²) in [5, 5.41) is 6.11. The average Bonchev–Trinajstić information content (AvgIpc) is 3.66. The molecule has 3 aromatic heterocycles. The van der Waals surface area contributed by atoms with Gasteiger partial charge >= 0.3 is 0 Å². The number of aromatic nitrogens is 3. The maximum absolute atomic E-state index is 13.1. The molecule has 2 unspecified atom stereocenters. The molecule has 2 saturated heterocycles. The summed E-state index contributed by atoms with van der Waals surface area (Å²) in [7, 11) is 0. The summed E-state index contributed by atoms with van der Waals surface area (Å²) in [6.45, 7) is 6.98. The Labute approximate surface area is 204 Å². The van der Waals surface area contributed by atoms with Crippen molar-refractivity contribution in [3.8, 4) is 22.0 Å². The molecule has 3 aromatic rings. The Morgan fingerprint density at radius 1 is 1.21 bits per heavy atom. The lowest BCUT2D eigenvalue weighted by Crippen LogP contribution is -2.32. The van der Waals surface area contributed by atoms with Crippen LogP contribution in [0.1, 0.15) is 54.4 Å². The smallest absolute Gasteiger partial charge is 0.253 e. The van der Waals surface area contributed by atoms with Crippen molar-refractivity contribution >= 4 is 17.2 Å². The van der Waals surface area contributed by atoms with Gasteiger partial charge in [-0.15, -0.1) is 11.3 Å². The summed E-state index contributed by atoms with van der Waals surface area (Å²) < 4.78 is 13.8. The molecule has 0 saturated carbocycles. The maximum atomic E-state index is 13.1. The standard InChI is InChI=1S/C26H32N4O3S/c1-3-19-12-18(8-9-27-19)26-29-23(16-34-26)24-13-22(25(31)28-14-20-6-4-10-32-20)17(2)30(24)15-21-7-5-11-33-21/h8-9,12-13,16,20-21H,3-7,10-11,14-15H2,1-2H3,(H,28,31). The van der Waals surface area contributed by atoms with Crippen LogP contribution >= 0.6 is 11.3 Å². The van der Waals surface area contributed by atoms with Gasteiger partial charge in [0.2, 0.25) is 0 Å². The monoisotopic (exact) mass is 480 g/mol. The number of carbonyl (C=O) groups is 1. The van der Waals surface area contributed by atoms with E-state index in [9.17, 15) is 4.79 Å². The molecular formula is C26H32N4O3S. The predicted molar refractivity (Wildman–Crippen MR) is 133 cm³/mol. The van der Waals surface area contributed by atoms with Crippen LogP contribution in [-0.4, -0.2) is 52.4 Å².